The van der Waals surface area contributed by atoms with E-state index < -0.39 is 28.6 Å². The zero-order valence-corrected chi connectivity index (χ0v) is 14.9. The van der Waals surface area contributed by atoms with Gasteiger partial charge in [0.1, 0.15) is 18.2 Å². The minimum absolute atomic E-state index is 0.264. The highest BCUT2D eigenvalue weighted by Crippen LogP contribution is 2.29. The average molecular weight is 372 g/mol. The summed E-state index contributed by atoms with van der Waals surface area (Å²) in [6.07, 6.45) is 5.33. The second kappa shape index (κ2) is 7.40. The molecule has 3 N–H and O–H groups in total. The molecule has 2 fully saturated rings. The molecule has 9 nitrogen and oxygen atoms in total. The van der Waals surface area contributed by atoms with E-state index in [9.17, 15) is 13.5 Å². The van der Waals surface area contributed by atoms with E-state index in [1.165, 1.54) is 26.2 Å². The van der Waals surface area contributed by atoms with Crippen LogP contribution in [0.3, 0.4) is 0 Å². The van der Waals surface area contributed by atoms with Crippen LogP contribution < -0.4 is 10.1 Å². The lowest BCUT2D eigenvalue weighted by Gasteiger charge is -2.23. The van der Waals surface area contributed by atoms with Gasteiger partial charge in [-0.2, -0.15) is 12.7 Å². The van der Waals surface area contributed by atoms with E-state index >= 15 is 0 Å². The summed E-state index contributed by atoms with van der Waals surface area (Å²) in [5.41, 5.74) is 0. The van der Waals surface area contributed by atoms with Crippen molar-refractivity contribution in [3.8, 4) is 5.88 Å². The molecule has 0 radical (unpaired) electrons. The maximum Gasteiger partial charge on any atom is 0.335 e. The highest BCUT2D eigenvalue weighted by atomic mass is 32.2. The Bertz CT molecular complexity index is 695. The minimum Gasteiger partial charge on any atom is -0.474 e. The molecule has 2 saturated carbocycles. The molecule has 0 saturated heterocycles. The predicted molar refractivity (Wildman–Crippen MR) is 90.7 cm³/mol. The number of rotatable bonds is 6. The van der Waals surface area contributed by atoms with Crippen LogP contribution in [0.4, 0.5) is 5.82 Å². The standard InChI is InChI=1S/C15H24N4O5S/c1-19(25(21,22)23)12-6-11(7-13(12)20)24-15-8-14(16-9-17-15)18-10-4-2-3-5-10/h8-13,20H,2-7H2,1H3,(H,16,17,18)(H,21,22,23)/t11-,12+,13+/m1/s1. The Balaban J connectivity index is 1.61. The molecule has 0 aromatic carbocycles. The van der Waals surface area contributed by atoms with Crippen LogP contribution in [0.1, 0.15) is 38.5 Å². The number of nitrogens with one attached hydrogen (secondary N) is 1. The van der Waals surface area contributed by atoms with Crippen LogP contribution >= 0.6 is 0 Å². The summed E-state index contributed by atoms with van der Waals surface area (Å²) in [4.78, 5) is 8.28. The van der Waals surface area contributed by atoms with Gasteiger partial charge in [-0.15, -0.1) is 0 Å². The average Bonchev–Trinajstić information content (AvgIpc) is 3.16. The van der Waals surface area contributed by atoms with Crippen LogP contribution in [0.25, 0.3) is 0 Å². The number of likely N-dealkylation sites (N-methyl/N-ethyl adjacent to an activating group) is 1. The summed E-state index contributed by atoms with van der Waals surface area (Å²) in [5.74, 6) is 1.07. The topological polar surface area (TPSA) is 125 Å². The number of hydrogen-bond acceptors (Lipinski definition) is 7. The van der Waals surface area contributed by atoms with Crippen LogP contribution in [0.15, 0.2) is 12.4 Å². The van der Waals surface area contributed by atoms with Gasteiger partial charge in [-0.05, 0) is 12.8 Å². The Morgan fingerprint density at radius 3 is 2.68 bits per heavy atom. The van der Waals surface area contributed by atoms with E-state index in [1.54, 1.807) is 6.07 Å². The molecule has 0 spiro atoms. The molecule has 140 valence electrons. The van der Waals surface area contributed by atoms with Gasteiger partial charge in [-0.1, -0.05) is 12.8 Å². The van der Waals surface area contributed by atoms with Gasteiger partial charge in [0.15, 0.2) is 0 Å². The summed E-state index contributed by atoms with van der Waals surface area (Å²) >= 11 is 0. The normalized spacial score (nSPS) is 27.8. The molecule has 1 aromatic heterocycles. The molecule has 1 aromatic rings. The van der Waals surface area contributed by atoms with Gasteiger partial charge in [0.05, 0.1) is 12.1 Å². The van der Waals surface area contributed by atoms with Crippen molar-refractivity contribution in [1.82, 2.24) is 14.3 Å². The van der Waals surface area contributed by atoms with Gasteiger partial charge >= 0.3 is 10.3 Å². The molecule has 2 aliphatic carbocycles. The van der Waals surface area contributed by atoms with E-state index in [0.29, 0.717) is 17.7 Å². The fraction of sp³-hybridized carbons (Fsp3) is 0.733. The van der Waals surface area contributed by atoms with Crippen LogP contribution in [0.5, 0.6) is 5.88 Å². The zero-order chi connectivity index (χ0) is 18.0. The van der Waals surface area contributed by atoms with Gasteiger partial charge < -0.3 is 15.2 Å². The monoisotopic (exact) mass is 372 g/mol. The molecule has 25 heavy (non-hydrogen) atoms. The molecule has 10 heteroatoms. The van der Waals surface area contributed by atoms with Crippen molar-refractivity contribution < 1.29 is 22.8 Å². The molecular formula is C15H24N4O5S. The maximum absolute atomic E-state index is 11.2. The number of aromatic nitrogens is 2. The van der Waals surface area contributed by atoms with Gasteiger partial charge in [0.25, 0.3) is 0 Å². The Labute approximate surface area is 147 Å². The van der Waals surface area contributed by atoms with Crippen LogP contribution in [-0.4, -0.2) is 63.7 Å². The first-order valence-corrected chi connectivity index (χ1v) is 9.86. The SMILES string of the molecule is CN([C@H]1C[C@@H](Oc2cc(NC3CCCC3)ncn2)C[C@@H]1O)S(=O)(=O)O. The Hall–Kier alpha value is -1.49. The van der Waals surface area contributed by atoms with Crippen molar-refractivity contribution in [2.24, 2.45) is 0 Å². The molecule has 0 amide bonds. The van der Waals surface area contributed by atoms with Crippen molar-refractivity contribution >= 4 is 16.1 Å². The maximum atomic E-state index is 11.2. The molecular weight excluding hydrogens is 348 g/mol. The lowest BCUT2D eigenvalue weighted by atomic mass is 10.2. The Kier molecular flexibility index (Phi) is 5.42. The van der Waals surface area contributed by atoms with E-state index in [1.807, 2.05) is 0 Å². The second-order valence-electron chi connectivity index (χ2n) is 6.71. The first-order chi connectivity index (χ1) is 11.8. The summed E-state index contributed by atoms with van der Waals surface area (Å²) < 4.78 is 38.2. The summed E-state index contributed by atoms with van der Waals surface area (Å²) in [5, 5.41) is 13.4. The van der Waals surface area contributed by atoms with Crippen LogP contribution in [0, 0.1) is 0 Å². The van der Waals surface area contributed by atoms with Crippen LogP contribution in [-0.2, 0) is 10.3 Å². The van der Waals surface area contributed by atoms with Crippen molar-refractivity contribution in [2.45, 2.75) is 62.8 Å². The van der Waals surface area contributed by atoms with E-state index in [4.69, 9.17) is 9.29 Å². The zero-order valence-electron chi connectivity index (χ0n) is 14.1. The van der Waals surface area contributed by atoms with E-state index in [-0.39, 0.29) is 12.8 Å². The Morgan fingerprint density at radius 1 is 1.28 bits per heavy atom. The summed E-state index contributed by atoms with van der Waals surface area (Å²) in [6, 6.07) is 1.41. The number of nitrogens with zero attached hydrogens (tertiary/aromatic N) is 3. The first-order valence-electron chi connectivity index (χ1n) is 8.46. The molecule has 3 rings (SSSR count). The van der Waals surface area contributed by atoms with Gasteiger partial charge in [0.2, 0.25) is 5.88 Å². The summed E-state index contributed by atoms with van der Waals surface area (Å²) in [7, 11) is -3.12. The fourth-order valence-corrected chi connectivity index (χ4v) is 4.11. The van der Waals surface area contributed by atoms with Gasteiger partial charge in [0, 0.05) is 32.0 Å². The van der Waals surface area contributed by atoms with E-state index in [2.05, 4.69) is 15.3 Å². The van der Waals surface area contributed by atoms with Crippen molar-refractivity contribution in [2.75, 3.05) is 12.4 Å². The largest absolute Gasteiger partial charge is 0.474 e. The van der Waals surface area contributed by atoms with Crippen molar-refractivity contribution in [3.05, 3.63) is 12.4 Å². The van der Waals surface area contributed by atoms with Crippen LogP contribution in [0.2, 0.25) is 0 Å². The smallest absolute Gasteiger partial charge is 0.335 e. The third-order valence-electron chi connectivity index (χ3n) is 4.92. The second-order valence-corrected chi connectivity index (χ2v) is 8.18. The number of hydrogen-bond donors (Lipinski definition) is 3. The molecule has 0 aliphatic heterocycles. The minimum atomic E-state index is -4.35. The molecule has 0 unspecified atom stereocenters. The highest BCUT2D eigenvalue weighted by molar-refractivity contribution is 7.83. The Morgan fingerprint density at radius 2 is 2.00 bits per heavy atom. The fourth-order valence-electron chi connectivity index (χ4n) is 3.54. The highest BCUT2D eigenvalue weighted by Gasteiger charge is 2.40. The molecule has 2 aliphatic rings. The summed E-state index contributed by atoms with van der Waals surface area (Å²) in [6.45, 7) is 0. The third kappa shape index (κ3) is 4.57. The number of anilines is 1. The lowest BCUT2D eigenvalue weighted by molar-refractivity contribution is 0.113. The van der Waals surface area contributed by atoms with Crippen molar-refractivity contribution in [3.63, 3.8) is 0 Å². The molecule has 1 heterocycles. The molecule has 3 atom stereocenters. The van der Waals surface area contributed by atoms with Gasteiger partial charge in [-0.3, -0.25) is 4.55 Å². The third-order valence-corrected chi connectivity index (χ3v) is 5.92. The van der Waals surface area contributed by atoms with Crippen molar-refractivity contribution in [1.29, 1.82) is 0 Å². The van der Waals surface area contributed by atoms with E-state index in [0.717, 1.165) is 17.1 Å². The predicted octanol–water partition coefficient (Wildman–Crippen LogP) is 0.836. The number of aliphatic hydroxyl groups is 1. The molecule has 0 bridgehead atoms. The first kappa shape index (κ1) is 18.3. The number of ether oxygens (including phenoxy) is 1. The number of aliphatic hydroxyl groups excluding tert-OH is 1. The lowest BCUT2D eigenvalue weighted by Crippen LogP contribution is -2.41. The quantitative estimate of drug-likeness (QED) is 0.627. The van der Waals surface area contributed by atoms with Gasteiger partial charge in [-0.25, -0.2) is 9.97 Å².